The van der Waals surface area contributed by atoms with E-state index >= 15 is 0 Å². The van der Waals surface area contributed by atoms with E-state index in [9.17, 15) is 4.79 Å². The summed E-state index contributed by atoms with van der Waals surface area (Å²) in [6, 6.07) is 4.24. The van der Waals surface area contributed by atoms with Gasteiger partial charge in [0.2, 0.25) is 0 Å². The van der Waals surface area contributed by atoms with Crippen LogP contribution in [-0.4, -0.2) is 23.1 Å². The summed E-state index contributed by atoms with van der Waals surface area (Å²) in [6.45, 7) is 3.84. The second kappa shape index (κ2) is 7.12. The van der Waals surface area contributed by atoms with Gasteiger partial charge in [0.1, 0.15) is 5.82 Å². The first kappa shape index (κ1) is 14.6. The Labute approximate surface area is 120 Å². The van der Waals surface area contributed by atoms with Crippen molar-refractivity contribution in [3.8, 4) is 0 Å². The van der Waals surface area contributed by atoms with Gasteiger partial charge in [-0.25, -0.2) is 9.78 Å². The van der Waals surface area contributed by atoms with Gasteiger partial charge in [-0.2, -0.15) is 0 Å². The number of carbonyl (C=O) groups is 1. The van der Waals surface area contributed by atoms with E-state index in [4.69, 9.17) is 0 Å². The minimum Gasteiger partial charge on any atom is -0.381 e. The molecule has 0 aliphatic heterocycles. The lowest BCUT2D eigenvalue weighted by Crippen LogP contribution is -2.34. The molecule has 20 heavy (non-hydrogen) atoms. The molecule has 0 radical (unpaired) electrons. The van der Waals surface area contributed by atoms with Crippen molar-refractivity contribution in [3.05, 3.63) is 18.3 Å². The zero-order chi connectivity index (χ0) is 14.4. The Balaban J connectivity index is 1.84. The summed E-state index contributed by atoms with van der Waals surface area (Å²) in [5.41, 5.74) is 1.02. The van der Waals surface area contributed by atoms with E-state index < -0.39 is 0 Å². The number of anilines is 2. The molecule has 0 unspecified atom stereocenters. The largest absolute Gasteiger partial charge is 0.381 e. The number of nitrogens with zero attached hydrogens (tertiary/aromatic N) is 1. The van der Waals surface area contributed by atoms with E-state index in [2.05, 4.69) is 20.9 Å². The zero-order valence-corrected chi connectivity index (χ0v) is 12.3. The molecule has 0 bridgehead atoms. The van der Waals surface area contributed by atoms with Crippen LogP contribution in [-0.2, 0) is 0 Å². The fraction of sp³-hybridized carbons (Fsp3) is 0.600. The van der Waals surface area contributed by atoms with Crippen LogP contribution < -0.4 is 16.0 Å². The van der Waals surface area contributed by atoms with Gasteiger partial charge in [-0.1, -0.05) is 19.3 Å². The van der Waals surface area contributed by atoms with Crippen molar-refractivity contribution in [3.63, 3.8) is 0 Å². The first-order chi connectivity index (χ1) is 9.63. The van der Waals surface area contributed by atoms with Crippen LogP contribution in [0, 0.1) is 0 Å². The number of rotatable bonds is 4. The summed E-state index contributed by atoms with van der Waals surface area (Å²) in [5, 5.41) is 8.98. The number of hydrogen-bond donors (Lipinski definition) is 3. The van der Waals surface area contributed by atoms with Crippen LogP contribution in [0.25, 0.3) is 0 Å². The van der Waals surface area contributed by atoms with Gasteiger partial charge in [0, 0.05) is 12.1 Å². The van der Waals surface area contributed by atoms with Crippen molar-refractivity contribution < 1.29 is 4.79 Å². The minimum atomic E-state index is -0.222. The highest BCUT2D eigenvalue weighted by molar-refractivity contribution is 5.88. The molecule has 1 aliphatic carbocycles. The monoisotopic (exact) mass is 276 g/mol. The summed E-state index contributed by atoms with van der Waals surface area (Å²) in [6.07, 6.45) is 8.21. The molecular weight excluding hydrogens is 252 g/mol. The van der Waals surface area contributed by atoms with Crippen LogP contribution in [0.2, 0.25) is 0 Å². The van der Waals surface area contributed by atoms with Gasteiger partial charge < -0.3 is 10.6 Å². The lowest BCUT2D eigenvalue weighted by molar-refractivity contribution is 0.250. The van der Waals surface area contributed by atoms with E-state index in [1.807, 2.05) is 26.0 Å². The standard InChI is InChI=1S/C15H24N4O/c1-11(2)17-15(20)19-14-9-8-13(10-16-14)18-12-6-4-3-5-7-12/h8-12,18H,3-7H2,1-2H3,(H2,16,17,19,20). The number of nitrogens with one attached hydrogen (secondary N) is 3. The molecule has 1 aromatic rings. The van der Waals surface area contributed by atoms with Crippen molar-refractivity contribution in [1.82, 2.24) is 10.3 Å². The van der Waals surface area contributed by atoms with Crippen LogP contribution in [0.3, 0.4) is 0 Å². The number of hydrogen-bond acceptors (Lipinski definition) is 3. The van der Waals surface area contributed by atoms with Crippen molar-refractivity contribution in [2.75, 3.05) is 10.6 Å². The van der Waals surface area contributed by atoms with E-state index in [0.717, 1.165) is 5.69 Å². The van der Waals surface area contributed by atoms with Crippen LogP contribution in [0.5, 0.6) is 0 Å². The molecule has 0 atom stereocenters. The highest BCUT2D eigenvalue weighted by Gasteiger charge is 2.13. The third-order valence-corrected chi connectivity index (χ3v) is 3.40. The predicted molar refractivity (Wildman–Crippen MR) is 82.0 cm³/mol. The minimum absolute atomic E-state index is 0.113. The fourth-order valence-corrected chi connectivity index (χ4v) is 2.45. The topological polar surface area (TPSA) is 66.1 Å². The number of pyridine rings is 1. The maximum absolute atomic E-state index is 11.5. The number of aromatic nitrogens is 1. The van der Waals surface area contributed by atoms with Gasteiger partial charge in [0.25, 0.3) is 0 Å². The summed E-state index contributed by atoms with van der Waals surface area (Å²) in [4.78, 5) is 15.8. The average Bonchev–Trinajstić information content (AvgIpc) is 2.41. The lowest BCUT2D eigenvalue weighted by atomic mass is 9.95. The van der Waals surface area contributed by atoms with Gasteiger partial charge >= 0.3 is 6.03 Å². The molecular formula is C15H24N4O. The van der Waals surface area contributed by atoms with E-state index in [0.29, 0.717) is 11.9 Å². The summed E-state index contributed by atoms with van der Waals surface area (Å²) in [5.74, 6) is 0.567. The second-order valence-corrected chi connectivity index (χ2v) is 5.66. The Kier molecular flexibility index (Phi) is 5.21. The van der Waals surface area contributed by atoms with Gasteiger partial charge in [-0.15, -0.1) is 0 Å². The quantitative estimate of drug-likeness (QED) is 0.790. The highest BCUT2D eigenvalue weighted by atomic mass is 16.2. The first-order valence-corrected chi connectivity index (χ1v) is 7.43. The van der Waals surface area contributed by atoms with E-state index in [-0.39, 0.29) is 12.1 Å². The Bertz CT molecular complexity index is 424. The predicted octanol–water partition coefficient (Wildman–Crippen LogP) is 3.36. The van der Waals surface area contributed by atoms with Gasteiger partial charge in [0.15, 0.2) is 0 Å². The molecule has 0 saturated heterocycles. The second-order valence-electron chi connectivity index (χ2n) is 5.66. The number of amides is 2. The first-order valence-electron chi connectivity index (χ1n) is 7.43. The number of urea groups is 1. The Morgan fingerprint density at radius 3 is 2.60 bits per heavy atom. The molecule has 0 aromatic carbocycles. The van der Waals surface area contributed by atoms with Crippen LogP contribution in [0.15, 0.2) is 18.3 Å². The third-order valence-electron chi connectivity index (χ3n) is 3.40. The molecule has 1 saturated carbocycles. The summed E-state index contributed by atoms with van der Waals surface area (Å²) >= 11 is 0. The van der Waals surface area contributed by atoms with Crippen LogP contribution >= 0.6 is 0 Å². The smallest absolute Gasteiger partial charge is 0.320 e. The van der Waals surface area contributed by atoms with E-state index in [1.54, 1.807) is 6.20 Å². The molecule has 5 nitrogen and oxygen atoms in total. The molecule has 3 N–H and O–H groups in total. The zero-order valence-electron chi connectivity index (χ0n) is 12.3. The van der Waals surface area contributed by atoms with Crippen LogP contribution in [0.1, 0.15) is 46.0 Å². The van der Waals surface area contributed by atoms with Gasteiger partial charge in [-0.05, 0) is 38.8 Å². The van der Waals surface area contributed by atoms with Gasteiger partial charge in [-0.3, -0.25) is 5.32 Å². The Hall–Kier alpha value is -1.78. The maximum Gasteiger partial charge on any atom is 0.320 e. The molecule has 1 heterocycles. The molecule has 1 fully saturated rings. The Morgan fingerprint density at radius 1 is 1.25 bits per heavy atom. The summed E-state index contributed by atoms with van der Waals surface area (Å²) in [7, 11) is 0. The fourth-order valence-electron chi connectivity index (χ4n) is 2.45. The molecule has 2 amide bonds. The van der Waals surface area contributed by atoms with Crippen molar-refractivity contribution in [2.45, 2.75) is 58.0 Å². The number of carbonyl (C=O) groups excluding carboxylic acids is 1. The molecule has 1 aromatic heterocycles. The SMILES string of the molecule is CC(C)NC(=O)Nc1ccc(NC2CCCCC2)cn1. The molecule has 110 valence electrons. The van der Waals surface area contributed by atoms with Crippen LogP contribution in [0.4, 0.5) is 16.3 Å². The van der Waals surface area contributed by atoms with Crippen molar-refractivity contribution in [1.29, 1.82) is 0 Å². The maximum atomic E-state index is 11.5. The molecule has 2 rings (SSSR count). The normalized spacial score (nSPS) is 15.9. The average molecular weight is 276 g/mol. The van der Waals surface area contributed by atoms with E-state index in [1.165, 1.54) is 32.1 Å². The molecule has 0 spiro atoms. The van der Waals surface area contributed by atoms with Crippen molar-refractivity contribution >= 4 is 17.5 Å². The summed E-state index contributed by atoms with van der Waals surface area (Å²) < 4.78 is 0. The third kappa shape index (κ3) is 4.72. The lowest BCUT2D eigenvalue weighted by Gasteiger charge is -2.23. The highest BCUT2D eigenvalue weighted by Crippen LogP contribution is 2.21. The molecule has 5 heteroatoms. The van der Waals surface area contributed by atoms with Gasteiger partial charge in [0.05, 0.1) is 11.9 Å². The molecule has 1 aliphatic rings. The van der Waals surface area contributed by atoms with Crippen molar-refractivity contribution in [2.24, 2.45) is 0 Å². The Morgan fingerprint density at radius 2 is 2.00 bits per heavy atom.